The van der Waals surface area contributed by atoms with Crippen molar-refractivity contribution in [2.24, 2.45) is 23.2 Å². The average Bonchev–Trinajstić information content (AvgIpc) is 3.08. The second-order valence-corrected chi connectivity index (χ2v) is 7.43. The van der Waals surface area contributed by atoms with E-state index in [1.165, 1.54) is 6.92 Å². The molecule has 0 aromatic heterocycles. The third kappa shape index (κ3) is 1.47. The fourth-order valence-electron chi connectivity index (χ4n) is 5.24. The van der Waals surface area contributed by atoms with Crippen molar-refractivity contribution in [2.45, 2.75) is 45.5 Å². The van der Waals surface area contributed by atoms with Crippen LogP contribution in [-0.2, 0) is 19.1 Å². The topological polar surface area (TPSA) is 72.8 Å². The number of carbonyl (C=O) groups excluding carboxylic acids is 2. The van der Waals surface area contributed by atoms with Crippen LogP contribution in [0.25, 0.3) is 0 Å². The molecule has 4 aliphatic rings. The summed E-state index contributed by atoms with van der Waals surface area (Å²) in [4.78, 5) is 23.6. The van der Waals surface area contributed by atoms with Gasteiger partial charge in [0.2, 0.25) is 5.79 Å². The maximum Gasteiger partial charge on any atom is 0.336 e. The minimum atomic E-state index is -1.65. The standard InChI is InChI=1S/C17H20O5/c1-7-10-5-11(10)16(4)6-17(20)13(8(2)15(19)22-17)14(12(7)16)21-9(3)18/h10-12,14,20H,1,5-6H2,2-4H3/t10-,11-,12-,14-,16+,17+/m1/s1. The summed E-state index contributed by atoms with van der Waals surface area (Å²) in [5.74, 6) is -1.80. The van der Waals surface area contributed by atoms with E-state index in [-0.39, 0.29) is 11.3 Å². The summed E-state index contributed by atoms with van der Waals surface area (Å²) in [5.41, 5.74) is 1.59. The molecule has 0 bridgehead atoms. The van der Waals surface area contributed by atoms with Gasteiger partial charge in [0.25, 0.3) is 0 Å². The van der Waals surface area contributed by atoms with Gasteiger partial charge in [-0.15, -0.1) is 0 Å². The minimum absolute atomic E-state index is 0.0557. The lowest BCUT2D eigenvalue weighted by atomic mass is 9.60. The van der Waals surface area contributed by atoms with E-state index in [1.54, 1.807) is 6.92 Å². The fourth-order valence-corrected chi connectivity index (χ4v) is 5.24. The van der Waals surface area contributed by atoms with Crippen molar-refractivity contribution in [1.29, 1.82) is 0 Å². The zero-order valence-corrected chi connectivity index (χ0v) is 13.0. The van der Waals surface area contributed by atoms with Crippen molar-refractivity contribution in [3.63, 3.8) is 0 Å². The van der Waals surface area contributed by atoms with Gasteiger partial charge in [-0.05, 0) is 30.6 Å². The van der Waals surface area contributed by atoms with E-state index < -0.39 is 23.8 Å². The molecule has 0 aromatic carbocycles. The van der Waals surface area contributed by atoms with Gasteiger partial charge in [0.15, 0.2) is 0 Å². The molecular formula is C17H20O5. The Hall–Kier alpha value is -1.62. The zero-order valence-electron chi connectivity index (χ0n) is 13.0. The van der Waals surface area contributed by atoms with E-state index in [0.717, 1.165) is 12.0 Å². The van der Waals surface area contributed by atoms with E-state index in [2.05, 4.69) is 13.5 Å². The molecule has 3 saturated carbocycles. The monoisotopic (exact) mass is 304 g/mol. The number of rotatable bonds is 1. The SMILES string of the molecule is C=C1[C@H]2C[C@H]2[C@]2(C)C[C@]3(O)OC(=O)C(C)=C3[C@H](OC(C)=O)[C@@H]12. The molecule has 5 heteroatoms. The third-order valence-corrected chi connectivity index (χ3v) is 6.12. The molecule has 3 aliphatic carbocycles. The predicted octanol–water partition coefficient (Wildman–Crippen LogP) is 1.71. The van der Waals surface area contributed by atoms with Crippen LogP contribution in [0.1, 0.15) is 33.6 Å². The van der Waals surface area contributed by atoms with Gasteiger partial charge in [-0.3, -0.25) is 4.79 Å². The summed E-state index contributed by atoms with van der Waals surface area (Å²) in [6, 6.07) is 0. The lowest BCUT2D eigenvalue weighted by Crippen LogP contribution is -2.54. The summed E-state index contributed by atoms with van der Waals surface area (Å²) in [7, 11) is 0. The first-order valence-corrected chi connectivity index (χ1v) is 7.72. The highest BCUT2D eigenvalue weighted by Gasteiger charge is 2.72. The molecule has 0 amide bonds. The molecular weight excluding hydrogens is 284 g/mol. The zero-order chi connectivity index (χ0) is 16.0. The van der Waals surface area contributed by atoms with Crippen molar-refractivity contribution >= 4 is 11.9 Å². The van der Waals surface area contributed by atoms with Crippen LogP contribution in [0.2, 0.25) is 0 Å². The molecule has 0 radical (unpaired) electrons. The number of fused-ring (bicyclic) bond motifs is 4. The molecule has 0 aromatic rings. The molecule has 1 aliphatic heterocycles. The van der Waals surface area contributed by atoms with Gasteiger partial charge in [-0.1, -0.05) is 19.1 Å². The van der Waals surface area contributed by atoms with Crippen molar-refractivity contribution in [3.05, 3.63) is 23.3 Å². The minimum Gasteiger partial charge on any atom is -0.457 e. The maximum atomic E-state index is 12.0. The molecule has 0 unspecified atom stereocenters. The Bertz CT molecular complexity index is 662. The Morgan fingerprint density at radius 2 is 2.18 bits per heavy atom. The van der Waals surface area contributed by atoms with Crippen molar-refractivity contribution in [2.75, 3.05) is 0 Å². The Balaban J connectivity index is 1.88. The predicted molar refractivity (Wildman–Crippen MR) is 76.2 cm³/mol. The molecule has 118 valence electrons. The van der Waals surface area contributed by atoms with Crippen LogP contribution in [0, 0.1) is 23.2 Å². The second kappa shape index (κ2) is 3.82. The molecule has 5 nitrogen and oxygen atoms in total. The summed E-state index contributed by atoms with van der Waals surface area (Å²) in [6.07, 6.45) is 0.745. The largest absolute Gasteiger partial charge is 0.457 e. The van der Waals surface area contributed by atoms with E-state index >= 15 is 0 Å². The fraction of sp³-hybridized carbons (Fsp3) is 0.647. The Labute approximate surface area is 129 Å². The number of hydrogen-bond acceptors (Lipinski definition) is 5. The van der Waals surface area contributed by atoms with Crippen molar-refractivity contribution in [1.82, 2.24) is 0 Å². The van der Waals surface area contributed by atoms with Gasteiger partial charge in [0.05, 0.1) is 5.57 Å². The first-order valence-electron chi connectivity index (χ1n) is 7.72. The van der Waals surface area contributed by atoms with Gasteiger partial charge >= 0.3 is 11.9 Å². The second-order valence-electron chi connectivity index (χ2n) is 7.43. The molecule has 1 N–H and O–H groups in total. The molecule has 0 spiro atoms. The van der Waals surface area contributed by atoms with Crippen molar-refractivity contribution < 1.29 is 24.2 Å². The Kier molecular flexibility index (Phi) is 2.43. The average molecular weight is 304 g/mol. The van der Waals surface area contributed by atoms with E-state index in [0.29, 0.717) is 29.4 Å². The quantitative estimate of drug-likeness (QED) is 0.590. The maximum absolute atomic E-state index is 12.0. The van der Waals surface area contributed by atoms with E-state index in [4.69, 9.17) is 9.47 Å². The highest BCUT2D eigenvalue weighted by atomic mass is 16.7. The normalized spacial score (nSPS) is 48.5. The molecule has 0 saturated heterocycles. The highest BCUT2D eigenvalue weighted by Crippen LogP contribution is 2.73. The van der Waals surface area contributed by atoms with Gasteiger partial charge in [0, 0.05) is 24.8 Å². The number of esters is 2. The van der Waals surface area contributed by atoms with E-state index in [9.17, 15) is 14.7 Å². The highest BCUT2D eigenvalue weighted by molar-refractivity contribution is 5.92. The Morgan fingerprint density at radius 1 is 1.50 bits per heavy atom. The van der Waals surface area contributed by atoms with Crippen LogP contribution in [0.15, 0.2) is 23.3 Å². The number of carbonyl (C=O) groups is 2. The summed E-state index contributed by atoms with van der Waals surface area (Å²) < 4.78 is 10.8. The Morgan fingerprint density at radius 3 is 2.82 bits per heavy atom. The molecule has 6 atom stereocenters. The van der Waals surface area contributed by atoms with Gasteiger partial charge < -0.3 is 14.6 Å². The van der Waals surface area contributed by atoms with Gasteiger partial charge in [0.1, 0.15) is 6.10 Å². The molecule has 1 heterocycles. The number of aliphatic hydroxyl groups is 1. The van der Waals surface area contributed by atoms with Crippen LogP contribution >= 0.6 is 0 Å². The first-order chi connectivity index (χ1) is 10.2. The van der Waals surface area contributed by atoms with Crippen LogP contribution in [0.3, 0.4) is 0 Å². The van der Waals surface area contributed by atoms with Crippen LogP contribution in [0.5, 0.6) is 0 Å². The van der Waals surface area contributed by atoms with E-state index in [1.807, 2.05) is 0 Å². The third-order valence-electron chi connectivity index (χ3n) is 6.12. The summed E-state index contributed by atoms with van der Waals surface area (Å²) in [6.45, 7) is 9.28. The van der Waals surface area contributed by atoms with Crippen LogP contribution < -0.4 is 0 Å². The lowest BCUT2D eigenvalue weighted by Gasteiger charge is -2.49. The van der Waals surface area contributed by atoms with Gasteiger partial charge in [-0.25, -0.2) is 4.79 Å². The summed E-state index contributed by atoms with van der Waals surface area (Å²) in [5, 5.41) is 10.9. The number of ether oxygens (including phenoxy) is 2. The smallest absolute Gasteiger partial charge is 0.336 e. The molecule has 22 heavy (non-hydrogen) atoms. The van der Waals surface area contributed by atoms with Crippen LogP contribution in [-0.4, -0.2) is 28.9 Å². The van der Waals surface area contributed by atoms with Crippen molar-refractivity contribution in [3.8, 4) is 0 Å². The first kappa shape index (κ1) is 14.0. The molecule has 3 fully saturated rings. The van der Waals surface area contributed by atoms with Gasteiger partial charge in [-0.2, -0.15) is 0 Å². The molecule has 4 rings (SSSR count). The van der Waals surface area contributed by atoms with Crippen LogP contribution in [0.4, 0.5) is 0 Å². The summed E-state index contributed by atoms with van der Waals surface area (Å²) >= 11 is 0. The lowest BCUT2D eigenvalue weighted by molar-refractivity contribution is -0.214. The number of hydrogen-bond donors (Lipinski definition) is 1.